The molecule has 5 nitrogen and oxygen atoms in total. The maximum atomic E-state index is 11.6. The van der Waals surface area contributed by atoms with E-state index in [1.165, 1.54) is 7.11 Å². The quantitative estimate of drug-likeness (QED) is 0.377. The molecule has 0 radical (unpaired) electrons. The van der Waals surface area contributed by atoms with Gasteiger partial charge in [0.25, 0.3) is 6.64 Å². The van der Waals surface area contributed by atoms with Crippen LogP contribution in [0.5, 0.6) is 0 Å². The number of hydrogen-bond acceptors (Lipinski definition) is 5. The van der Waals surface area contributed by atoms with Crippen molar-refractivity contribution in [3.63, 3.8) is 0 Å². The smallest absolute Gasteiger partial charge is 0.307 e. The van der Waals surface area contributed by atoms with Gasteiger partial charge in [0.15, 0.2) is 0 Å². The van der Waals surface area contributed by atoms with Gasteiger partial charge in [0.1, 0.15) is 5.60 Å². The number of rotatable bonds is 10. The third-order valence-corrected chi connectivity index (χ3v) is 5.07. The number of unbranched alkanes of at least 4 members (excludes halogenated alkanes) is 2. The van der Waals surface area contributed by atoms with Crippen LogP contribution in [-0.4, -0.2) is 31.8 Å². The van der Waals surface area contributed by atoms with Crippen LogP contribution in [0.4, 0.5) is 0 Å². The summed E-state index contributed by atoms with van der Waals surface area (Å²) < 4.78 is 16.1. The van der Waals surface area contributed by atoms with Crippen molar-refractivity contribution in [2.75, 3.05) is 20.3 Å². The molecule has 0 spiro atoms. The Bertz CT molecular complexity index is 331. The lowest BCUT2D eigenvalue weighted by molar-refractivity contribution is -0.154. The second kappa shape index (κ2) is 9.85. The molecule has 0 aliphatic heterocycles. The summed E-state index contributed by atoms with van der Waals surface area (Å²) >= 11 is 5.32. The van der Waals surface area contributed by atoms with E-state index in [0.29, 0.717) is 13.2 Å². The van der Waals surface area contributed by atoms with Gasteiger partial charge in [-0.3, -0.25) is 4.79 Å². The van der Waals surface area contributed by atoms with Crippen LogP contribution in [0.2, 0.25) is 0 Å². The fourth-order valence-corrected chi connectivity index (χ4v) is 2.97. The Morgan fingerprint density at radius 3 is 2.45 bits per heavy atom. The summed E-state index contributed by atoms with van der Waals surface area (Å²) in [5.41, 5.74) is -0.463. The molecule has 0 saturated heterocycles. The molecule has 0 aliphatic rings. The number of carbonyl (C=O) groups excluding carboxylic acids is 1. The Morgan fingerprint density at radius 2 is 1.95 bits per heavy atom. The Labute approximate surface area is 128 Å². The average molecular weight is 325 g/mol. The van der Waals surface area contributed by atoms with E-state index in [1.54, 1.807) is 0 Å². The van der Waals surface area contributed by atoms with Crippen LogP contribution >= 0.6 is 6.64 Å². The van der Waals surface area contributed by atoms with Crippen molar-refractivity contribution in [1.82, 2.24) is 5.09 Å². The van der Waals surface area contributed by atoms with E-state index in [2.05, 4.69) is 12.0 Å². The zero-order valence-corrected chi connectivity index (χ0v) is 14.9. The van der Waals surface area contributed by atoms with E-state index >= 15 is 0 Å². The van der Waals surface area contributed by atoms with Crippen LogP contribution in [0, 0.1) is 0 Å². The van der Waals surface area contributed by atoms with Crippen LogP contribution in [0.1, 0.15) is 53.4 Å². The fourth-order valence-electron chi connectivity index (χ4n) is 1.39. The van der Waals surface area contributed by atoms with Crippen molar-refractivity contribution in [2.24, 2.45) is 0 Å². The first-order valence-electron chi connectivity index (χ1n) is 6.99. The van der Waals surface area contributed by atoms with E-state index < -0.39 is 12.2 Å². The monoisotopic (exact) mass is 325 g/mol. The highest BCUT2D eigenvalue weighted by molar-refractivity contribution is 8.08. The van der Waals surface area contributed by atoms with E-state index in [-0.39, 0.29) is 12.4 Å². The van der Waals surface area contributed by atoms with E-state index in [4.69, 9.17) is 25.6 Å². The number of hydrogen-bond donors (Lipinski definition) is 1. The summed E-state index contributed by atoms with van der Waals surface area (Å²) in [5.74, 6) is -0.256. The van der Waals surface area contributed by atoms with Gasteiger partial charge in [0, 0.05) is 13.7 Å². The van der Waals surface area contributed by atoms with Crippen molar-refractivity contribution in [3.8, 4) is 0 Å². The van der Waals surface area contributed by atoms with E-state index in [1.807, 2.05) is 20.8 Å². The first-order chi connectivity index (χ1) is 9.22. The van der Waals surface area contributed by atoms with Crippen LogP contribution < -0.4 is 5.09 Å². The Balaban J connectivity index is 3.99. The van der Waals surface area contributed by atoms with E-state index in [9.17, 15) is 4.79 Å². The molecule has 120 valence electrons. The zero-order chi connectivity index (χ0) is 15.6. The zero-order valence-electron chi connectivity index (χ0n) is 13.2. The molecule has 0 aromatic carbocycles. The summed E-state index contributed by atoms with van der Waals surface area (Å²) in [5, 5.41) is 3.02. The molecule has 0 saturated carbocycles. The highest BCUT2D eigenvalue weighted by atomic mass is 32.5. The largest absolute Gasteiger partial charge is 0.460 e. The van der Waals surface area contributed by atoms with Crippen molar-refractivity contribution in [3.05, 3.63) is 0 Å². The van der Waals surface area contributed by atoms with Gasteiger partial charge in [-0.15, -0.1) is 0 Å². The first-order valence-corrected chi connectivity index (χ1v) is 9.63. The maximum Gasteiger partial charge on any atom is 0.307 e. The summed E-state index contributed by atoms with van der Waals surface area (Å²) in [6.45, 7) is 6.16. The molecule has 0 heterocycles. The second-order valence-electron chi connectivity index (χ2n) is 5.46. The van der Waals surface area contributed by atoms with Gasteiger partial charge < -0.3 is 13.8 Å². The standard InChI is InChI=1S/C13H28NO4PS/c1-6-7-8-11-17-19(20,16-5)14-10-9-12(15)18-13(2,3)4/h6-11H2,1-5H3,(H,14,20). The molecular weight excluding hydrogens is 297 g/mol. The molecule has 7 heteroatoms. The highest BCUT2D eigenvalue weighted by Crippen LogP contribution is 2.43. The highest BCUT2D eigenvalue weighted by Gasteiger charge is 2.19. The fraction of sp³-hybridized carbons (Fsp3) is 0.923. The molecule has 0 aliphatic carbocycles. The SMILES string of the molecule is CCCCCOP(=S)(NCCC(=O)OC(C)(C)C)OC. The molecule has 1 unspecified atom stereocenters. The van der Waals surface area contributed by atoms with Gasteiger partial charge in [-0.05, 0) is 39.0 Å². The van der Waals surface area contributed by atoms with Crippen LogP contribution in [-0.2, 0) is 30.4 Å². The lowest BCUT2D eigenvalue weighted by atomic mass is 10.2. The molecule has 0 aromatic rings. The maximum absolute atomic E-state index is 11.6. The normalized spacial score (nSPS) is 14.8. The minimum atomic E-state index is -2.47. The molecule has 20 heavy (non-hydrogen) atoms. The molecule has 0 rings (SSSR count). The molecule has 0 bridgehead atoms. The summed E-state index contributed by atoms with van der Waals surface area (Å²) in [6.07, 6.45) is 3.45. The Hall–Kier alpha value is -0.0000000000000000763. The minimum absolute atomic E-state index is 0.247. The van der Waals surface area contributed by atoms with Gasteiger partial charge in [-0.1, -0.05) is 19.8 Å². The van der Waals surface area contributed by atoms with Crippen molar-refractivity contribution >= 4 is 24.4 Å². The predicted molar refractivity (Wildman–Crippen MR) is 85.2 cm³/mol. The third kappa shape index (κ3) is 10.7. The Morgan fingerprint density at radius 1 is 1.30 bits per heavy atom. The van der Waals surface area contributed by atoms with Crippen molar-refractivity contribution in [1.29, 1.82) is 0 Å². The van der Waals surface area contributed by atoms with Crippen molar-refractivity contribution < 1.29 is 18.6 Å². The topological polar surface area (TPSA) is 56.8 Å². The minimum Gasteiger partial charge on any atom is -0.460 e. The van der Waals surface area contributed by atoms with Gasteiger partial charge >= 0.3 is 5.97 Å². The van der Waals surface area contributed by atoms with Crippen LogP contribution in [0.3, 0.4) is 0 Å². The van der Waals surface area contributed by atoms with Crippen LogP contribution in [0.15, 0.2) is 0 Å². The summed E-state index contributed by atoms with van der Waals surface area (Å²) in [7, 11) is 1.53. The molecule has 0 amide bonds. The first kappa shape index (κ1) is 20.0. The summed E-state index contributed by atoms with van der Waals surface area (Å²) in [6, 6.07) is 0. The van der Waals surface area contributed by atoms with Gasteiger partial charge in [-0.25, -0.2) is 5.09 Å². The summed E-state index contributed by atoms with van der Waals surface area (Å²) in [4.78, 5) is 11.6. The number of esters is 1. The van der Waals surface area contributed by atoms with Crippen molar-refractivity contribution in [2.45, 2.75) is 59.0 Å². The van der Waals surface area contributed by atoms with Crippen LogP contribution in [0.25, 0.3) is 0 Å². The lowest BCUT2D eigenvalue weighted by Crippen LogP contribution is -2.26. The molecule has 0 fully saturated rings. The average Bonchev–Trinajstić information content (AvgIpc) is 2.32. The van der Waals surface area contributed by atoms with Gasteiger partial charge in [0.05, 0.1) is 13.0 Å². The third-order valence-electron chi connectivity index (χ3n) is 2.30. The van der Waals surface area contributed by atoms with E-state index in [0.717, 1.165) is 19.3 Å². The van der Waals surface area contributed by atoms with Gasteiger partial charge in [-0.2, -0.15) is 0 Å². The lowest BCUT2D eigenvalue weighted by Gasteiger charge is -2.22. The molecule has 1 N–H and O–H groups in total. The molecule has 0 aromatic heterocycles. The predicted octanol–water partition coefficient (Wildman–Crippen LogP) is 3.39. The van der Waals surface area contributed by atoms with Gasteiger partial charge in [0.2, 0.25) is 0 Å². The second-order valence-corrected chi connectivity index (χ2v) is 8.84. The Kier molecular flexibility index (Phi) is 9.85. The molecular formula is C13H28NO4PS. The molecule has 1 atom stereocenters. The number of ether oxygens (including phenoxy) is 1. The number of carbonyl (C=O) groups is 1. The number of nitrogens with one attached hydrogen (secondary N) is 1.